The van der Waals surface area contributed by atoms with Gasteiger partial charge in [-0.25, -0.2) is 14.4 Å². The highest BCUT2D eigenvalue weighted by atomic mass is 19.1. The Bertz CT molecular complexity index is 627. The van der Waals surface area contributed by atoms with E-state index in [0.717, 1.165) is 16.9 Å². The van der Waals surface area contributed by atoms with Crippen LogP contribution in [0.4, 0.5) is 4.39 Å². The highest BCUT2D eigenvalue weighted by molar-refractivity contribution is 5.69. The van der Waals surface area contributed by atoms with Crippen molar-refractivity contribution in [3.05, 3.63) is 59.8 Å². The summed E-state index contributed by atoms with van der Waals surface area (Å²) in [5.74, 6) is 0.570. The van der Waals surface area contributed by atoms with Gasteiger partial charge >= 0.3 is 0 Å². The maximum atomic E-state index is 13.0. The van der Waals surface area contributed by atoms with Gasteiger partial charge in [-0.15, -0.1) is 0 Å². The maximum Gasteiger partial charge on any atom is 0.177 e. The summed E-state index contributed by atoms with van der Waals surface area (Å²) in [6.45, 7) is 0. The zero-order valence-electron chi connectivity index (χ0n) is 9.02. The van der Waals surface area contributed by atoms with Gasteiger partial charge in [-0.05, 0) is 29.8 Å². The number of aromatic nitrogens is 3. The molecular weight excluding hydrogens is 217 g/mol. The molecule has 0 saturated carbocycles. The molecule has 3 rings (SSSR count). The van der Waals surface area contributed by atoms with Crippen LogP contribution in [-0.2, 0) is 6.42 Å². The van der Waals surface area contributed by atoms with Crippen LogP contribution in [-0.4, -0.2) is 15.0 Å². The smallest absolute Gasteiger partial charge is 0.177 e. The SMILES string of the molecule is Fc1cccc(Cc2nc3ncccc3[nH]2)c1. The lowest BCUT2D eigenvalue weighted by atomic mass is 10.1. The highest BCUT2D eigenvalue weighted by Crippen LogP contribution is 2.12. The standard InChI is InChI=1S/C13H10FN3/c14-10-4-1-3-9(7-10)8-12-16-11-5-2-6-15-13(11)17-12/h1-7H,8H2,(H,15,16,17). The minimum Gasteiger partial charge on any atom is -0.340 e. The monoisotopic (exact) mass is 227 g/mol. The molecule has 0 saturated heterocycles. The van der Waals surface area contributed by atoms with Crippen molar-refractivity contribution in [2.24, 2.45) is 0 Å². The van der Waals surface area contributed by atoms with Gasteiger partial charge in [-0.3, -0.25) is 0 Å². The molecule has 0 amide bonds. The van der Waals surface area contributed by atoms with Crippen molar-refractivity contribution < 1.29 is 4.39 Å². The fraction of sp³-hybridized carbons (Fsp3) is 0.0769. The average Bonchev–Trinajstić information content (AvgIpc) is 2.71. The van der Waals surface area contributed by atoms with Crippen LogP contribution in [0.3, 0.4) is 0 Å². The van der Waals surface area contributed by atoms with Gasteiger partial charge in [0.05, 0.1) is 5.52 Å². The van der Waals surface area contributed by atoms with Crippen LogP contribution in [0.5, 0.6) is 0 Å². The minimum atomic E-state index is -0.225. The molecule has 1 N–H and O–H groups in total. The number of pyridine rings is 1. The molecule has 1 aromatic carbocycles. The van der Waals surface area contributed by atoms with Crippen LogP contribution in [0.1, 0.15) is 11.4 Å². The lowest BCUT2D eigenvalue weighted by molar-refractivity contribution is 0.626. The predicted molar refractivity (Wildman–Crippen MR) is 63.1 cm³/mol. The van der Waals surface area contributed by atoms with Crippen molar-refractivity contribution in [1.82, 2.24) is 15.0 Å². The number of benzene rings is 1. The Morgan fingerprint density at radius 2 is 2.12 bits per heavy atom. The molecule has 0 aliphatic carbocycles. The molecule has 0 aliphatic rings. The number of hydrogen-bond donors (Lipinski definition) is 1. The Kier molecular flexibility index (Phi) is 2.33. The summed E-state index contributed by atoms with van der Waals surface area (Å²) in [5.41, 5.74) is 2.49. The molecule has 3 aromatic rings. The second-order valence-electron chi connectivity index (χ2n) is 3.86. The zero-order valence-corrected chi connectivity index (χ0v) is 9.02. The molecule has 0 unspecified atom stereocenters. The summed E-state index contributed by atoms with van der Waals surface area (Å²) >= 11 is 0. The summed E-state index contributed by atoms with van der Waals surface area (Å²) in [6.07, 6.45) is 2.28. The van der Waals surface area contributed by atoms with E-state index in [9.17, 15) is 4.39 Å². The number of hydrogen-bond acceptors (Lipinski definition) is 2. The molecule has 17 heavy (non-hydrogen) atoms. The van der Waals surface area contributed by atoms with Gasteiger partial charge in [-0.1, -0.05) is 12.1 Å². The topological polar surface area (TPSA) is 41.6 Å². The third-order valence-electron chi connectivity index (χ3n) is 2.57. The fourth-order valence-electron chi connectivity index (χ4n) is 1.82. The van der Waals surface area contributed by atoms with Gasteiger partial charge in [0, 0.05) is 12.6 Å². The van der Waals surface area contributed by atoms with Crippen LogP contribution >= 0.6 is 0 Å². The van der Waals surface area contributed by atoms with Crippen molar-refractivity contribution in [3.8, 4) is 0 Å². The summed E-state index contributed by atoms with van der Waals surface area (Å²) in [7, 11) is 0. The fourth-order valence-corrected chi connectivity index (χ4v) is 1.82. The Balaban J connectivity index is 1.94. The van der Waals surface area contributed by atoms with E-state index < -0.39 is 0 Å². The van der Waals surface area contributed by atoms with Crippen molar-refractivity contribution in [3.63, 3.8) is 0 Å². The van der Waals surface area contributed by atoms with Gasteiger partial charge in [0.15, 0.2) is 5.65 Å². The molecule has 0 radical (unpaired) electrons. The first-order valence-electron chi connectivity index (χ1n) is 5.35. The molecule has 4 heteroatoms. The molecule has 0 spiro atoms. The number of halogens is 1. The molecular formula is C13H10FN3. The van der Waals surface area contributed by atoms with Crippen LogP contribution in [0.25, 0.3) is 11.2 Å². The van der Waals surface area contributed by atoms with Gasteiger partial charge in [0.2, 0.25) is 0 Å². The van der Waals surface area contributed by atoms with E-state index >= 15 is 0 Å². The van der Waals surface area contributed by atoms with Crippen molar-refractivity contribution >= 4 is 11.2 Å². The third kappa shape index (κ3) is 2.01. The number of aromatic amines is 1. The van der Waals surface area contributed by atoms with Crippen LogP contribution in [0.2, 0.25) is 0 Å². The predicted octanol–water partition coefficient (Wildman–Crippen LogP) is 2.69. The van der Waals surface area contributed by atoms with Gasteiger partial charge in [-0.2, -0.15) is 0 Å². The van der Waals surface area contributed by atoms with Crippen LogP contribution in [0, 0.1) is 5.82 Å². The van der Waals surface area contributed by atoms with E-state index in [1.807, 2.05) is 18.2 Å². The number of fused-ring (bicyclic) bond motifs is 1. The van der Waals surface area contributed by atoms with E-state index in [0.29, 0.717) is 12.1 Å². The molecule has 84 valence electrons. The van der Waals surface area contributed by atoms with Crippen molar-refractivity contribution in [2.75, 3.05) is 0 Å². The van der Waals surface area contributed by atoms with Gasteiger partial charge in [0.1, 0.15) is 11.6 Å². The zero-order chi connectivity index (χ0) is 11.7. The second kappa shape index (κ2) is 3.97. The number of imidazole rings is 1. The van der Waals surface area contributed by atoms with Crippen molar-refractivity contribution in [2.45, 2.75) is 6.42 Å². The molecule has 3 nitrogen and oxygen atoms in total. The summed E-state index contributed by atoms with van der Waals surface area (Å²) < 4.78 is 13.0. The van der Waals surface area contributed by atoms with Crippen molar-refractivity contribution in [1.29, 1.82) is 0 Å². The molecule has 0 aliphatic heterocycles. The first-order valence-corrected chi connectivity index (χ1v) is 5.35. The Hall–Kier alpha value is -2.23. The molecule has 2 heterocycles. The van der Waals surface area contributed by atoms with E-state index in [4.69, 9.17) is 0 Å². The number of nitrogens with zero attached hydrogens (tertiary/aromatic N) is 2. The lowest BCUT2D eigenvalue weighted by Gasteiger charge is -1.97. The normalized spacial score (nSPS) is 10.9. The van der Waals surface area contributed by atoms with Gasteiger partial charge in [0.25, 0.3) is 0 Å². The number of nitrogens with one attached hydrogen (secondary N) is 1. The highest BCUT2D eigenvalue weighted by Gasteiger charge is 2.04. The van der Waals surface area contributed by atoms with E-state index in [1.54, 1.807) is 12.3 Å². The number of H-pyrrole nitrogens is 1. The average molecular weight is 227 g/mol. The minimum absolute atomic E-state index is 0.225. The largest absolute Gasteiger partial charge is 0.340 e. The Morgan fingerprint density at radius 3 is 2.94 bits per heavy atom. The van der Waals surface area contributed by atoms with E-state index in [2.05, 4.69) is 15.0 Å². The Morgan fingerprint density at radius 1 is 1.18 bits per heavy atom. The van der Waals surface area contributed by atoms with E-state index in [-0.39, 0.29) is 5.82 Å². The Labute approximate surface area is 97.3 Å². The summed E-state index contributed by atoms with van der Waals surface area (Å²) in [6, 6.07) is 10.3. The molecule has 0 fully saturated rings. The first kappa shape index (κ1) is 9.96. The van der Waals surface area contributed by atoms with Crippen LogP contribution in [0.15, 0.2) is 42.6 Å². The second-order valence-corrected chi connectivity index (χ2v) is 3.86. The van der Waals surface area contributed by atoms with Gasteiger partial charge < -0.3 is 4.98 Å². The first-order chi connectivity index (χ1) is 8.31. The maximum absolute atomic E-state index is 13.0. The molecule has 2 aromatic heterocycles. The van der Waals surface area contributed by atoms with E-state index in [1.165, 1.54) is 12.1 Å². The molecule has 0 atom stereocenters. The third-order valence-corrected chi connectivity index (χ3v) is 2.57. The quantitative estimate of drug-likeness (QED) is 0.731. The van der Waals surface area contributed by atoms with Crippen LogP contribution < -0.4 is 0 Å². The lowest BCUT2D eigenvalue weighted by Crippen LogP contribution is -1.91. The summed E-state index contributed by atoms with van der Waals surface area (Å²) in [5, 5.41) is 0. The summed E-state index contributed by atoms with van der Waals surface area (Å²) in [4.78, 5) is 11.7. The molecule has 0 bridgehead atoms. The number of rotatable bonds is 2.